The van der Waals surface area contributed by atoms with Gasteiger partial charge in [-0.1, -0.05) is 15.9 Å². The van der Waals surface area contributed by atoms with Gasteiger partial charge in [0.15, 0.2) is 5.78 Å². The average molecular weight is 269 g/mol. The second-order valence-electron chi connectivity index (χ2n) is 2.81. The molecule has 2 N–H and O–H groups in total. The molecule has 0 saturated heterocycles. The number of rotatable bonds is 3. The van der Waals surface area contributed by atoms with Gasteiger partial charge >= 0.3 is 0 Å². The van der Waals surface area contributed by atoms with Gasteiger partial charge in [0.1, 0.15) is 11.8 Å². The first-order valence-electron chi connectivity index (χ1n) is 4.10. The summed E-state index contributed by atoms with van der Waals surface area (Å²) in [5.41, 5.74) is 6.62. The number of ketones is 1. The lowest BCUT2D eigenvalue weighted by Crippen LogP contribution is -2.06. The summed E-state index contributed by atoms with van der Waals surface area (Å²) in [6, 6.07) is 4.87. The van der Waals surface area contributed by atoms with E-state index in [1.54, 1.807) is 0 Å². The predicted octanol–water partition coefficient (Wildman–Crippen LogP) is 1.73. The molecule has 15 heavy (non-hydrogen) atoms. The van der Waals surface area contributed by atoms with Crippen LogP contribution in [0.25, 0.3) is 0 Å². The summed E-state index contributed by atoms with van der Waals surface area (Å²) in [5.74, 6) is 0.214. The summed E-state index contributed by atoms with van der Waals surface area (Å²) >= 11 is 3.06. The Morgan fingerprint density at radius 1 is 1.67 bits per heavy atom. The van der Waals surface area contributed by atoms with Gasteiger partial charge in [0.05, 0.1) is 18.0 Å². The summed E-state index contributed by atoms with van der Waals surface area (Å²) in [5, 5.41) is 8.97. The highest BCUT2D eigenvalue weighted by Gasteiger charge is 2.13. The zero-order chi connectivity index (χ0) is 11.4. The fraction of sp³-hybridized carbons (Fsp3) is 0.200. The Balaban J connectivity index is 3.33. The van der Waals surface area contributed by atoms with Gasteiger partial charge in [0.25, 0.3) is 0 Å². The zero-order valence-corrected chi connectivity index (χ0v) is 9.67. The van der Waals surface area contributed by atoms with Gasteiger partial charge in [0, 0.05) is 11.3 Å². The van der Waals surface area contributed by atoms with Crippen molar-refractivity contribution in [2.24, 2.45) is 0 Å². The molecule has 0 fully saturated rings. The number of hydrogen-bond donors (Lipinski definition) is 1. The van der Waals surface area contributed by atoms with Crippen LogP contribution in [0.5, 0.6) is 5.75 Å². The molecular formula is C10H9BrN2O2. The van der Waals surface area contributed by atoms with Gasteiger partial charge in [-0.25, -0.2) is 0 Å². The molecule has 0 radical (unpaired) electrons. The van der Waals surface area contributed by atoms with E-state index in [2.05, 4.69) is 15.9 Å². The molecule has 1 aromatic rings. The van der Waals surface area contributed by atoms with Crippen molar-refractivity contribution in [2.45, 2.75) is 0 Å². The largest absolute Gasteiger partial charge is 0.495 e. The standard InChI is InChI=1S/C10H9BrN2O2/c1-15-10-3-7(9(14)4-11)8(13)2-6(10)5-12/h2-3H,4,13H2,1H3. The van der Waals surface area contributed by atoms with E-state index >= 15 is 0 Å². The van der Waals surface area contributed by atoms with Gasteiger partial charge in [-0.2, -0.15) is 5.26 Å². The number of ether oxygens (including phenoxy) is 1. The number of methoxy groups -OCH3 is 1. The number of benzene rings is 1. The van der Waals surface area contributed by atoms with Crippen molar-refractivity contribution in [2.75, 3.05) is 18.2 Å². The highest BCUT2D eigenvalue weighted by Crippen LogP contribution is 2.25. The third-order valence-electron chi connectivity index (χ3n) is 1.91. The van der Waals surface area contributed by atoms with E-state index in [4.69, 9.17) is 15.7 Å². The highest BCUT2D eigenvalue weighted by molar-refractivity contribution is 9.09. The number of nitrogens with two attached hydrogens (primary N) is 1. The van der Waals surface area contributed by atoms with Crippen LogP contribution in [0.15, 0.2) is 12.1 Å². The van der Waals surface area contributed by atoms with Gasteiger partial charge < -0.3 is 10.5 Å². The quantitative estimate of drug-likeness (QED) is 0.515. The molecule has 0 spiro atoms. The van der Waals surface area contributed by atoms with E-state index in [0.717, 1.165) is 0 Å². The van der Waals surface area contributed by atoms with Crippen molar-refractivity contribution in [3.05, 3.63) is 23.3 Å². The van der Waals surface area contributed by atoms with Crippen LogP contribution in [0.3, 0.4) is 0 Å². The lowest BCUT2D eigenvalue weighted by atomic mass is 10.1. The number of anilines is 1. The van der Waals surface area contributed by atoms with E-state index in [0.29, 0.717) is 16.9 Å². The Morgan fingerprint density at radius 3 is 2.80 bits per heavy atom. The number of Topliss-reactive ketones (excluding diaryl/α,β-unsaturated/α-hetero) is 1. The maximum atomic E-state index is 11.4. The summed E-state index contributed by atoms with van der Waals surface area (Å²) in [7, 11) is 1.44. The van der Waals surface area contributed by atoms with Crippen LogP contribution in [0, 0.1) is 11.3 Å². The Morgan fingerprint density at radius 2 is 2.33 bits per heavy atom. The van der Waals surface area contributed by atoms with Crippen molar-refractivity contribution in [1.82, 2.24) is 0 Å². The first kappa shape index (κ1) is 11.5. The van der Waals surface area contributed by atoms with Crippen LogP contribution in [0.1, 0.15) is 15.9 Å². The van der Waals surface area contributed by atoms with E-state index in [9.17, 15) is 4.79 Å². The molecular weight excluding hydrogens is 260 g/mol. The molecule has 0 heterocycles. The minimum atomic E-state index is -0.143. The maximum Gasteiger partial charge on any atom is 0.175 e. The molecule has 0 aliphatic carbocycles. The zero-order valence-electron chi connectivity index (χ0n) is 8.08. The molecule has 0 amide bonds. The molecule has 1 aromatic carbocycles. The van der Waals surface area contributed by atoms with E-state index in [1.165, 1.54) is 19.2 Å². The monoisotopic (exact) mass is 268 g/mol. The second-order valence-corrected chi connectivity index (χ2v) is 3.37. The number of nitriles is 1. The Hall–Kier alpha value is -1.54. The van der Waals surface area contributed by atoms with Gasteiger partial charge in [-0.15, -0.1) is 0 Å². The molecule has 0 aliphatic heterocycles. The number of carbonyl (C=O) groups excluding carboxylic acids is 1. The van der Waals surface area contributed by atoms with Crippen LogP contribution >= 0.6 is 15.9 Å². The minimum absolute atomic E-state index is 0.143. The predicted molar refractivity (Wildman–Crippen MR) is 60.2 cm³/mol. The molecule has 0 bridgehead atoms. The molecule has 0 atom stereocenters. The fourth-order valence-electron chi connectivity index (χ4n) is 1.17. The molecule has 5 heteroatoms. The molecule has 78 valence electrons. The normalized spacial score (nSPS) is 9.40. The van der Waals surface area contributed by atoms with Crippen molar-refractivity contribution >= 4 is 27.4 Å². The van der Waals surface area contributed by atoms with Crippen LogP contribution in [-0.4, -0.2) is 18.2 Å². The number of hydrogen-bond acceptors (Lipinski definition) is 4. The van der Waals surface area contributed by atoms with Crippen molar-refractivity contribution < 1.29 is 9.53 Å². The third-order valence-corrected chi connectivity index (χ3v) is 2.42. The van der Waals surface area contributed by atoms with Gasteiger partial charge in [-0.05, 0) is 12.1 Å². The smallest absolute Gasteiger partial charge is 0.175 e. The lowest BCUT2D eigenvalue weighted by molar-refractivity contribution is 0.102. The fourth-order valence-corrected chi connectivity index (χ4v) is 1.47. The summed E-state index contributed by atoms with van der Waals surface area (Å²) in [4.78, 5) is 11.4. The Labute approximate surface area is 95.8 Å². The number of nitrogen functional groups attached to an aromatic ring is 1. The molecule has 1 rings (SSSR count). The average Bonchev–Trinajstić information content (AvgIpc) is 2.27. The Kier molecular flexibility index (Phi) is 3.69. The summed E-state index contributed by atoms with van der Waals surface area (Å²) in [6.45, 7) is 0. The number of nitrogens with zero attached hydrogens (tertiary/aromatic N) is 1. The number of carbonyl (C=O) groups is 1. The van der Waals surface area contributed by atoms with Crippen LogP contribution in [-0.2, 0) is 0 Å². The SMILES string of the molecule is COc1cc(C(=O)CBr)c(N)cc1C#N. The van der Waals surface area contributed by atoms with E-state index < -0.39 is 0 Å². The molecule has 0 unspecified atom stereocenters. The van der Waals surface area contributed by atoms with E-state index in [-0.39, 0.29) is 16.8 Å². The summed E-state index contributed by atoms with van der Waals surface area (Å²) in [6.07, 6.45) is 0. The summed E-state index contributed by atoms with van der Waals surface area (Å²) < 4.78 is 4.98. The minimum Gasteiger partial charge on any atom is -0.495 e. The molecule has 0 saturated carbocycles. The van der Waals surface area contributed by atoms with Crippen LogP contribution in [0.4, 0.5) is 5.69 Å². The van der Waals surface area contributed by atoms with Crippen molar-refractivity contribution in [1.29, 1.82) is 5.26 Å². The number of halogens is 1. The number of alkyl halides is 1. The van der Waals surface area contributed by atoms with Crippen molar-refractivity contribution in [3.8, 4) is 11.8 Å². The van der Waals surface area contributed by atoms with Gasteiger partial charge in [0.2, 0.25) is 0 Å². The van der Waals surface area contributed by atoms with Crippen LogP contribution in [0.2, 0.25) is 0 Å². The highest BCUT2D eigenvalue weighted by atomic mass is 79.9. The molecule has 0 aromatic heterocycles. The Bertz CT molecular complexity index is 438. The molecule has 0 aliphatic rings. The van der Waals surface area contributed by atoms with E-state index in [1.807, 2.05) is 6.07 Å². The molecule has 4 nitrogen and oxygen atoms in total. The topological polar surface area (TPSA) is 76.1 Å². The lowest BCUT2D eigenvalue weighted by Gasteiger charge is -2.07. The third kappa shape index (κ3) is 2.28. The first-order chi connectivity index (χ1) is 7.13. The van der Waals surface area contributed by atoms with Crippen LogP contribution < -0.4 is 10.5 Å². The maximum absolute atomic E-state index is 11.4. The first-order valence-corrected chi connectivity index (χ1v) is 5.23. The second kappa shape index (κ2) is 4.80. The van der Waals surface area contributed by atoms with Crippen molar-refractivity contribution in [3.63, 3.8) is 0 Å². The van der Waals surface area contributed by atoms with Gasteiger partial charge in [-0.3, -0.25) is 4.79 Å².